The van der Waals surface area contributed by atoms with Crippen molar-refractivity contribution in [1.82, 2.24) is 14.6 Å². The van der Waals surface area contributed by atoms with Gasteiger partial charge < -0.3 is 9.26 Å². The van der Waals surface area contributed by atoms with E-state index in [4.69, 9.17) is 21.1 Å². The molecule has 1 aromatic rings. The number of aromatic nitrogens is 2. The Bertz CT molecular complexity index is 1040. The number of aryl methyl sites for hydroxylation is 1. The first kappa shape index (κ1) is 23.5. The molecule has 4 rings (SSSR count). The van der Waals surface area contributed by atoms with Crippen LogP contribution in [0.2, 0.25) is 0 Å². The molecule has 0 bridgehead atoms. The molecule has 2 N–H and O–H groups in total. The van der Waals surface area contributed by atoms with Crippen LogP contribution in [0.4, 0.5) is 0 Å². The van der Waals surface area contributed by atoms with Crippen molar-refractivity contribution in [2.24, 2.45) is 5.92 Å². The average Bonchev–Trinajstić information content (AvgIpc) is 3.20. The summed E-state index contributed by atoms with van der Waals surface area (Å²) in [7, 11) is 0. The minimum Gasteiger partial charge on any atom is -0.353 e. The minimum atomic E-state index is -2.30. The number of nitrogens with one attached hydrogen (secondary N) is 2. The number of H-pyrrole nitrogens is 1. The Labute approximate surface area is 192 Å². The fourth-order valence-corrected chi connectivity index (χ4v) is 13.0. The highest BCUT2D eigenvalue weighted by atomic mass is 32.9. The third-order valence-electron chi connectivity index (χ3n) is 6.88. The highest BCUT2D eigenvalue weighted by Crippen LogP contribution is 2.73. The minimum absolute atomic E-state index is 0.00634. The van der Waals surface area contributed by atoms with Gasteiger partial charge in [0.05, 0.1) is 12.2 Å². The van der Waals surface area contributed by atoms with E-state index in [2.05, 4.69) is 37.4 Å². The zero-order chi connectivity index (χ0) is 22.6. The van der Waals surface area contributed by atoms with Crippen LogP contribution in [-0.2, 0) is 21.1 Å². The van der Waals surface area contributed by atoms with Crippen molar-refractivity contribution in [3.63, 3.8) is 0 Å². The molecule has 1 aromatic heterocycles. The molecule has 172 valence electrons. The van der Waals surface area contributed by atoms with Crippen molar-refractivity contribution in [3.05, 3.63) is 44.8 Å². The van der Waals surface area contributed by atoms with E-state index in [1.54, 1.807) is 13.1 Å². The van der Waals surface area contributed by atoms with Gasteiger partial charge in [-0.15, -0.1) is 0 Å². The fraction of sp³-hybridized carbons (Fsp3) is 0.714. The molecule has 3 aliphatic rings. The molecule has 2 saturated heterocycles. The summed E-state index contributed by atoms with van der Waals surface area (Å²) in [6.07, 6.45) is 5.78. The Balaban J connectivity index is 1.51. The second-order valence-electron chi connectivity index (χ2n) is 9.30. The summed E-state index contributed by atoms with van der Waals surface area (Å²) in [6.45, 7) is 12.3. The normalized spacial score (nSPS) is 40.1. The van der Waals surface area contributed by atoms with Gasteiger partial charge in [-0.05, 0) is 64.2 Å². The summed E-state index contributed by atoms with van der Waals surface area (Å²) >= 11 is 7.87. The summed E-state index contributed by atoms with van der Waals surface area (Å²) in [4.78, 5) is 26.4. The van der Waals surface area contributed by atoms with Crippen molar-refractivity contribution in [2.75, 3.05) is 0 Å². The zero-order valence-corrected chi connectivity index (χ0v) is 21.1. The van der Waals surface area contributed by atoms with Crippen LogP contribution in [0.15, 0.2) is 27.9 Å². The van der Waals surface area contributed by atoms with Gasteiger partial charge in [0.25, 0.3) is 5.56 Å². The maximum Gasteiger partial charge on any atom is 0.330 e. The molecule has 2 aliphatic heterocycles. The summed E-state index contributed by atoms with van der Waals surface area (Å²) in [5.41, 5.74) is -1.40. The first-order chi connectivity index (χ1) is 14.5. The molecular formula is C21H32N3O4PS2. The lowest BCUT2D eigenvalue weighted by atomic mass is 9.77. The number of hydrogen-bond acceptors (Lipinski definition) is 6. The number of nitrogens with zero attached hydrogens (tertiary/aromatic N) is 1. The molecule has 0 radical (unpaired) electrons. The molecule has 0 amide bonds. The predicted molar refractivity (Wildman–Crippen MR) is 129 cm³/mol. The molecule has 0 spiro atoms. The molecule has 7 atom stereocenters. The Morgan fingerprint density at radius 1 is 1.48 bits per heavy atom. The van der Waals surface area contributed by atoms with E-state index in [1.807, 2.05) is 11.4 Å². The van der Waals surface area contributed by atoms with Gasteiger partial charge in [-0.3, -0.25) is 19.4 Å². The number of rotatable bonds is 5. The van der Waals surface area contributed by atoms with Crippen molar-refractivity contribution in [3.8, 4) is 0 Å². The lowest BCUT2D eigenvalue weighted by molar-refractivity contribution is -0.00500. The third kappa shape index (κ3) is 4.55. The average molecular weight is 486 g/mol. The van der Waals surface area contributed by atoms with Gasteiger partial charge in [-0.2, -0.15) is 0 Å². The predicted octanol–water partition coefficient (Wildman–Crippen LogP) is 3.99. The van der Waals surface area contributed by atoms with E-state index in [-0.39, 0.29) is 28.6 Å². The smallest absolute Gasteiger partial charge is 0.330 e. The van der Waals surface area contributed by atoms with Crippen LogP contribution in [0.25, 0.3) is 0 Å². The molecule has 7 nitrogen and oxygen atoms in total. The van der Waals surface area contributed by atoms with E-state index in [1.165, 1.54) is 10.1 Å². The number of allylic oxidation sites excluding steroid dienone is 1. The fourth-order valence-electron chi connectivity index (χ4n) is 4.89. The van der Waals surface area contributed by atoms with Gasteiger partial charge in [0.15, 0.2) is 5.62 Å². The van der Waals surface area contributed by atoms with Crippen LogP contribution in [0.3, 0.4) is 0 Å². The van der Waals surface area contributed by atoms with E-state index in [0.29, 0.717) is 17.9 Å². The highest BCUT2D eigenvalue weighted by Gasteiger charge is 2.53. The molecule has 3 heterocycles. The van der Waals surface area contributed by atoms with Crippen LogP contribution in [0.1, 0.15) is 64.7 Å². The van der Waals surface area contributed by atoms with E-state index >= 15 is 0 Å². The first-order valence-corrected chi connectivity index (χ1v) is 15.1. The first-order valence-electron chi connectivity index (χ1n) is 10.9. The van der Waals surface area contributed by atoms with Gasteiger partial charge in [-0.1, -0.05) is 30.5 Å². The monoisotopic (exact) mass is 485 g/mol. The summed E-state index contributed by atoms with van der Waals surface area (Å²) < 4.78 is 14.3. The van der Waals surface area contributed by atoms with Crippen molar-refractivity contribution >= 4 is 28.8 Å². The number of aromatic amines is 1. The van der Waals surface area contributed by atoms with Gasteiger partial charge in [0.2, 0.25) is 0 Å². The lowest BCUT2D eigenvalue weighted by Crippen LogP contribution is -2.39. The van der Waals surface area contributed by atoms with Gasteiger partial charge in [0, 0.05) is 29.0 Å². The third-order valence-corrected chi connectivity index (χ3v) is 13.0. The zero-order valence-electron chi connectivity index (χ0n) is 18.6. The van der Waals surface area contributed by atoms with Crippen LogP contribution < -0.4 is 16.3 Å². The molecule has 10 heteroatoms. The van der Waals surface area contributed by atoms with E-state index in [9.17, 15) is 9.59 Å². The summed E-state index contributed by atoms with van der Waals surface area (Å²) in [5, 5.41) is 3.66. The highest BCUT2D eigenvalue weighted by molar-refractivity contribution is 8.69. The Kier molecular flexibility index (Phi) is 6.49. The SMILES string of the molecule is C=C(C)[C@H]1CC[C@@]2(C)SP(=S)(NC3C[C@H](n4cc(C)c(=O)[nH]c4=O)O[C@@H]3CC)O[C@@H]2C1. The Morgan fingerprint density at radius 2 is 2.23 bits per heavy atom. The van der Waals surface area contributed by atoms with Crippen molar-refractivity contribution in [2.45, 2.75) is 89.0 Å². The molecule has 1 saturated carbocycles. The quantitative estimate of drug-likeness (QED) is 0.482. The lowest BCUT2D eigenvalue weighted by Gasteiger charge is -2.37. The summed E-state index contributed by atoms with van der Waals surface area (Å²) in [5.74, 6) is 0.498. The van der Waals surface area contributed by atoms with Crippen molar-refractivity contribution < 1.29 is 9.26 Å². The Hall–Kier alpha value is -0.700. The van der Waals surface area contributed by atoms with Gasteiger partial charge in [0.1, 0.15) is 6.23 Å². The standard InChI is InChI=1S/C21H32N3O4PS2/c1-6-16-15(10-18(27-16)24-11-13(4)19(25)22-20(24)26)23-29(30)28-17-9-14(12(2)3)7-8-21(17,5)31-29/h11,14-18H,2,6-10H2,1,3-5H3,(H,23,30)(H,22,25,26)/t14-,15?,16+,17+,18+,21+,29?/m0/s1. The maximum absolute atomic E-state index is 12.3. The number of fused-ring (bicyclic) bond motifs is 1. The molecule has 2 unspecified atom stereocenters. The van der Waals surface area contributed by atoms with Gasteiger partial charge in [-0.25, -0.2) is 4.79 Å². The van der Waals surface area contributed by atoms with Crippen LogP contribution in [-0.4, -0.2) is 32.5 Å². The molecule has 31 heavy (non-hydrogen) atoms. The van der Waals surface area contributed by atoms with Crippen LogP contribution >= 0.6 is 17.0 Å². The maximum atomic E-state index is 12.3. The topological polar surface area (TPSA) is 85.4 Å². The number of ether oxygens (including phenoxy) is 1. The summed E-state index contributed by atoms with van der Waals surface area (Å²) in [6, 6.07) is -0.00634. The van der Waals surface area contributed by atoms with Crippen molar-refractivity contribution in [1.29, 1.82) is 0 Å². The Morgan fingerprint density at radius 3 is 2.90 bits per heavy atom. The molecule has 0 aromatic carbocycles. The van der Waals surface area contributed by atoms with Gasteiger partial charge >= 0.3 is 5.69 Å². The van der Waals surface area contributed by atoms with E-state index < -0.39 is 17.5 Å². The number of hydrogen-bond donors (Lipinski definition) is 2. The molecule has 3 fully saturated rings. The second kappa shape index (κ2) is 8.58. The van der Waals surface area contributed by atoms with E-state index in [0.717, 1.165) is 25.7 Å². The molecular weight excluding hydrogens is 453 g/mol. The second-order valence-corrected chi connectivity index (χ2v) is 16.2. The van der Waals surface area contributed by atoms with Crippen LogP contribution in [0.5, 0.6) is 0 Å². The van der Waals surface area contributed by atoms with Crippen LogP contribution in [0, 0.1) is 12.8 Å². The largest absolute Gasteiger partial charge is 0.353 e. The molecule has 1 aliphatic carbocycles.